The van der Waals surface area contributed by atoms with Crippen molar-refractivity contribution < 1.29 is 4.79 Å². The highest BCUT2D eigenvalue weighted by molar-refractivity contribution is 5.95. The van der Waals surface area contributed by atoms with Crippen LogP contribution in [0.5, 0.6) is 0 Å². The Bertz CT molecular complexity index is 1140. The Hall–Kier alpha value is -3.66. The molecule has 0 saturated carbocycles. The molecule has 4 nitrogen and oxygen atoms in total. The number of aryl methyl sites for hydroxylation is 3. The number of hydrogen-bond donors (Lipinski definition) is 1. The minimum absolute atomic E-state index is 0.0148. The summed E-state index contributed by atoms with van der Waals surface area (Å²) in [6.07, 6.45) is 1.12. The van der Waals surface area contributed by atoms with E-state index < -0.39 is 0 Å². The van der Waals surface area contributed by atoms with Gasteiger partial charge in [0.15, 0.2) is 0 Å². The summed E-state index contributed by atoms with van der Waals surface area (Å²) in [4.78, 5) is 12.6. The minimum atomic E-state index is 0.0148. The van der Waals surface area contributed by atoms with E-state index in [9.17, 15) is 4.79 Å². The number of nitrogens with zero attached hydrogens (tertiary/aromatic N) is 2. The summed E-state index contributed by atoms with van der Waals surface area (Å²) < 4.78 is 1.94. The molecule has 0 unspecified atom stereocenters. The van der Waals surface area contributed by atoms with Crippen LogP contribution in [-0.2, 0) is 11.2 Å². The van der Waals surface area contributed by atoms with Crippen molar-refractivity contribution >= 4 is 11.6 Å². The molecule has 0 saturated heterocycles. The van der Waals surface area contributed by atoms with E-state index in [-0.39, 0.29) is 5.91 Å². The maximum Gasteiger partial charge on any atom is 0.224 e. The maximum atomic E-state index is 12.6. The predicted molar refractivity (Wildman–Crippen MR) is 122 cm³/mol. The first-order chi connectivity index (χ1) is 14.6. The van der Waals surface area contributed by atoms with Gasteiger partial charge in [0.2, 0.25) is 5.91 Å². The van der Waals surface area contributed by atoms with Gasteiger partial charge >= 0.3 is 0 Å². The van der Waals surface area contributed by atoms with Gasteiger partial charge in [-0.05, 0) is 55.7 Å². The summed E-state index contributed by atoms with van der Waals surface area (Å²) in [6.45, 7) is 4.04. The molecule has 3 aromatic carbocycles. The molecule has 1 aromatic heterocycles. The molecule has 4 heteroatoms. The molecule has 4 rings (SSSR count). The Morgan fingerprint density at radius 2 is 1.60 bits per heavy atom. The van der Waals surface area contributed by atoms with Crippen LogP contribution in [0.4, 0.5) is 5.69 Å². The second kappa shape index (κ2) is 8.78. The number of para-hydroxylation sites is 1. The lowest BCUT2D eigenvalue weighted by Crippen LogP contribution is -2.13. The number of aromatic nitrogens is 2. The van der Waals surface area contributed by atoms with Gasteiger partial charge in [0.1, 0.15) is 0 Å². The summed E-state index contributed by atoms with van der Waals surface area (Å²) >= 11 is 0. The van der Waals surface area contributed by atoms with Crippen molar-refractivity contribution in [3.63, 3.8) is 0 Å². The Morgan fingerprint density at radius 3 is 2.30 bits per heavy atom. The molecule has 4 aromatic rings. The van der Waals surface area contributed by atoms with Crippen molar-refractivity contribution in [1.29, 1.82) is 0 Å². The largest absolute Gasteiger partial charge is 0.326 e. The standard InChI is InChI=1S/C26H25N3O/c1-19-18-20(2)29(28-19)23-15-12-21(13-16-23)14-17-26(30)27-25-11-7-6-10-24(25)22-8-4-3-5-9-22/h3-13,15-16,18H,14,17H2,1-2H3,(H,27,30). The normalized spacial score (nSPS) is 10.7. The Kier molecular flexibility index (Phi) is 5.75. The molecule has 1 heterocycles. The van der Waals surface area contributed by atoms with E-state index >= 15 is 0 Å². The number of amides is 1. The fourth-order valence-corrected chi connectivity index (χ4v) is 3.63. The van der Waals surface area contributed by atoms with Gasteiger partial charge in [-0.1, -0.05) is 60.7 Å². The summed E-state index contributed by atoms with van der Waals surface area (Å²) in [5.41, 5.74) is 7.24. The number of carbonyl (C=O) groups is 1. The topological polar surface area (TPSA) is 46.9 Å². The molecule has 0 fully saturated rings. The van der Waals surface area contributed by atoms with E-state index in [0.717, 1.165) is 39.5 Å². The van der Waals surface area contributed by atoms with Gasteiger partial charge in [-0.15, -0.1) is 0 Å². The number of nitrogens with one attached hydrogen (secondary N) is 1. The first-order valence-corrected chi connectivity index (χ1v) is 10.2. The van der Waals surface area contributed by atoms with E-state index in [1.165, 1.54) is 0 Å². The molecule has 1 N–H and O–H groups in total. The molecule has 150 valence electrons. The zero-order valence-corrected chi connectivity index (χ0v) is 17.3. The summed E-state index contributed by atoms with van der Waals surface area (Å²) in [5, 5.41) is 7.59. The molecule has 30 heavy (non-hydrogen) atoms. The highest BCUT2D eigenvalue weighted by atomic mass is 16.1. The van der Waals surface area contributed by atoms with Gasteiger partial charge in [0.05, 0.1) is 11.4 Å². The molecular weight excluding hydrogens is 370 g/mol. The van der Waals surface area contributed by atoms with Gasteiger partial charge in [-0.3, -0.25) is 4.79 Å². The Morgan fingerprint density at radius 1 is 0.900 bits per heavy atom. The van der Waals surface area contributed by atoms with Crippen LogP contribution in [-0.4, -0.2) is 15.7 Å². The van der Waals surface area contributed by atoms with Crippen LogP contribution in [0.3, 0.4) is 0 Å². The van der Waals surface area contributed by atoms with Crippen molar-refractivity contribution in [2.45, 2.75) is 26.7 Å². The number of benzene rings is 3. The molecule has 0 radical (unpaired) electrons. The highest BCUT2D eigenvalue weighted by Crippen LogP contribution is 2.27. The van der Waals surface area contributed by atoms with E-state index in [1.54, 1.807) is 0 Å². The van der Waals surface area contributed by atoms with E-state index in [4.69, 9.17) is 0 Å². The second-order valence-corrected chi connectivity index (χ2v) is 7.47. The zero-order chi connectivity index (χ0) is 20.9. The molecule has 0 aliphatic carbocycles. The van der Waals surface area contributed by atoms with Gasteiger partial charge in [-0.2, -0.15) is 5.10 Å². The van der Waals surface area contributed by atoms with Crippen LogP contribution in [0.15, 0.2) is 84.9 Å². The molecule has 0 spiro atoms. The Balaban J connectivity index is 1.40. The summed E-state index contributed by atoms with van der Waals surface area (Å²) in [6, 6.07) is 28.3. The first kappa shape index (κ1) is 19.6. The number of hydrogen-bond acceptors (Lipinski definition) is 2. The Labute approximate surface area is 177 Å². The van der Waals surface area contributed by atoms with Crippen LogP contribution in [0.1, 0.15) is 23.4 Å². The van der Waals surface area contributed by atoms with Crippen molar-refractivity contribution in [1.82, 2.24) is 9.78 Å². The van der Waals surface area contributed by atoms with Crippen molar-refractivity contribution in [2.75, 3.05) is 5.32 Å². The fourth-order valence-electron chi connectivity index (χ4n) is 3.63. The van der Waals surface area contributed by atoms with Crippen LogP contribution in [0.2, 0.25) is 0 Å². The van der Waals surface area contributed by atoms with Gasteiger partial charge < -0.3 is 5.32 Å². The van der Waals surface area contributed by atoms with E-state index in [0.29, 0.717) is 12.8 Å². The third-order valence-electron chi connectivity index (χ3n) is 5.12. The lowest BCUT2D eigenvalue weighted by molar-refractivity contribution is -0.116. The quantitative estimate of drug-likeness (QED) is 0.453. The third-order valence-corrected chi connectivity index (χ3v) is 5.12. The number of anilines is 1. The fraction of sp³-hybridized carbons (Fsp3) is 0.154. The average Bonchev–Trinajstić information content (AvgIpc) is 3.11. The molecule has 0 atom stereocenters. The zero-order valence-electron chi connectivity index (χ0n) is 17.3. The SMILES string of the molecule is Cc1cc(C)n(-c2ccc(CCC(=O)Nc3ccccc3-c3ccccc3)cc2)n1. The van der Waals surface area contributed by atoms with E-state index in [1.807, 2.05) is 61.0 Å². The van der Waals surface area contributed by atoms with Gasteiger partial charge in [-0.25, -0.2) is 4.68 Å². The monoisotopic (exact) mass is 395 g/mol. The maximum absolute atomic E-state index is 12.6. The minimum Gasteiger partial charge on any atom is -0.326 e. The summed E-state index contributed by atoms with van der Waals surface area (Å²) in [5.74, 6) is 0.0148. The van der Waals surface area contributed by atoms with Gasteiger partial charge in [0, 0.05) is 23.4 Å². The lowest BCUT2D eigenvalue weighted by atomic mass is 10.0. The van der Waals surface area contributed by atoms with Crippen molar-refractivity contribution in [3.8, 4) is 16.8 Å². The smallest absolute Gasteiger partial charge is 0.224 e. The molecule has 0 bridgehead atoms. The van der Waals surface area contributed by atoms with E-state index in [2.05, 4.69) is 52.9 Å². The van der Waals surface area contributed by atoms with Crippen LogP contribution < -0.4 is 5.32 Å². The van der Waals surface area contributed by atoms with Crippen LogP contribution in [0, 0.1) is 13.8 Å². The molecule has 0 aliphatic heterocycles. The van der Waals surface area contributed by atoms with Gasteiger partial charge in [0.25, 0.3) is 0 Å². The van der Waals surface area contributed by atoms with Crippen molar-refractivity contribution in [3.05, 3.63) is 102 Å². The highest BCUT2D eigenvalue weighted by Gasteiger charge is 2.09. The number of carbonyl (C=O) groups excluding carboxylic acids is 1. The predicted octanol–water partition coefficient (Wildman–Crippen LogP) is 5.73. The molecule has 1 amide bonds. The third kappa shape index (κ3) is 4.49. The van der Waals surface area contributed by atoms with Crippen LogP contribution >= 0.6 is 0 Å². The molecular formula is C26H25N3O. The summed E-state index contributed by atoms with van der Waals surface area (Å²) in [7, 11) is 0. The van der Waals surface area contributed by atoms with Crippen molar-refractivity contribution in [2.24, 2.45) is 0 Å². The lowest BCUT2D eigenvalue weighted by Gasteiger charge is -2.11. The second-order valence-electron chi connectivity index (χ2n) is 7.47. The number of rotatable bonds is 6. The molecule has 0 aliphatic rings. The van der Waals surface area contributed by atoms with Crippen LogP contribution in [0.25, 0.3) is 16.8 Å². The average molecular weight is 396 g/mol. The first-order valence-electron chi connectivity index (χ1n) is 10.2.